The van der Waals surface area contributed by atoms with Gasteiger partial charge in [0.05, 0.1) is 6.61 Å². The number of carbonyl (C=O) groups excluding carboxylic acids is 1. The van der Waals surface area contributed by atoms with E-state index >= 15 is 0 Å². The molecule has 0 radical (unpaired) electrons. The van der Waals surface area contributed by atoms with Gasteiger partial charge in [0, 0.05) is 13.6 Å². The van der Waals surface area contributed by atoms with Gasteiger partial charge in [0.25, 0.3) is 0 Å². The fourth-order valence-electron chi connectivity index (χ4n) is 1.97. The number of benzene rings is 1. The van der Waals surface area contributed by atoms with E-state index in [1.54, 1.807) is 0 Å². The van der Waals surface area contributed by atoms with E-state index < -0.39 is 0 Å². The minimum absolute atomic E-state index is 0. The average Bonchev–Trinajstić information content (AvgIpc) is 2.49. The van der Waals surface area contributed by atoms with E-state index in [4.69, 9.17) is 5.90 Å². The molecule has 0 fully saturated rings. The molecule has 0 amide bonds. The third kappa shape index (κ3) is 9.13. The highest BCUT2D eigenvalue weighted by Gasteiger charge is 2.03. The SMILES string of the molecule is NOCCCCCCCSC(=O)CCc1ccccc1.[HH]. The summed E-state index contributed by atoms with van der Waals surface area (Å²) in [4.78, 5) is 16.2. The maximum Gasteiger partial charge on any atom is 0.189 e. The smallest absolute Gasteiger partial charge is 0.189 e. The van der Waals surface area contributed by atoms with Gasteiger partial charge in [-0.1, -0.05) is 61.4 Å². The van der Waals surface area contributed by atoms with Gasteiger partial charge in [0.2, 0.25) is 0 Å². The minimum Gasteiger partial charge on any atom is -0.305 e. The Morgan fingerprint density at radius 3 is 2.55 bits per heavy atom. The van der Waals surface area contributed by atoms with Gasteiger partial charge in [-0.05, 0) is 24.8 Å². The molecule has 0 spiro atoms. The van der Waals surface area contributed by atoms with E-state index in [9.17, 15) is 4.79 Å². The van der Waals surface area contributed by atoms with Gasteiger partial charge in [-0.3, -0.25) is 4.79 Å². The molecule has 2 N–H and O–H groups in total. The van der Waals surface area contributed by atoms with Gasteiger partial charge in [-0.25, -0.2) is 5.90 Å². The molecule has 114 valence electrons. The molecule has 0 heterocycles. The Balaban J connectivity index is 0.00000400. The molecule has 0 atom stereocenters. The Morgan fingerprint density at radius 2 is 1.80 bits per heavy atom. The molecule has 3 nitrogen and oxygen atoms in total. The van der Waals surface area contributed by atoms with Crippen molar-refractivity contribution in [1.82, 2.24) is 0 Å². The first kappa shape index (κ1) is 17.2. The average molecular weight is 297 g/mol. The second-order valence-electron chi connectivity index (χ2n) is 4.84. The van der Waals surface area contributed by atoms with Crippen LogP contribution in [0.4, 0.5) is 0 Å². The predicted octanol–water partition coefficient (Wildman–Crippen LogP) is 3.97. The minimum atomic E-state index is 0. The molecule has 4 heteroatoms. The summed E-state index contributed by atoms with van der Waals surface area (Å²) in [6.07, 6.45) is 7.18. The van der Waals surface area contributed by atoms with Crippen LogP contribution < -0.4 is 5.90 Å². The normalized spacial score (nSPS) is 10.7. The Bertz CT molecular complexity index is 363. The fraction of sp³-hybridized carbons (Fsp3) is 0.562. The molecule has 0 aliphatic heterocycles. The lowest BCUT2D eigenvalue weighted by Crippen LogP contribution is -2.00. The molecular weight excluding hydrogens is 270 g/mol. The van der Waals surface area contributed by atoms with Gasteiger partial charge in [-0.2, -0.15) is 0 Å². The topological polar surface area (TPSA) is 52.3 Å². The number of hydrogen-bond donors (Lipinski definition) is 1. The van der Waals surface area contributed by atoms with Crippen LogP contribution in [0.25, 0.3) is 0 Å². The monoisotopic (exact) mass is 297 g/mol. The molecule has 0 aliphatic carbocycles. The number of thioether (sulfide) groups is 1. The van der Waals surface area contributed by atoms with Crippen LogP contribution in [0.2, 0.25) is 0 Å². The van der Waals surface area contributed by atoms with Crippen molar-refractivity contribution < 1.29 is 11.1 Å². The summed E-state index contributed by atoms with van der Waals surface area (Å²) in [7, 11) is 0. The first-order chi connectivity index (χ1) is 9.83. The van der Waals surface area contributed by atoms with Gasteiger partial charge in [0.1, 0.15) is 0 Å². The Labute approximate surface area is 127 Å². The zero-order valence-electron chi connectivity index (χ0n) is 12.1. The molecule has 0 aliphatic rings. The number of aryl methyl sites for hydroxylation is 1. The molecule has 1 aromatic rings. The highest BCUT2D eigenvalue weighted by Crippen LogP contribution is 2.13. The van der Waals surface area contributed by atoms with Crippen LogP contribution in [0.3, 0.4) is 0 Å². The van der Waals surface area contributed by atoms with Crippen molar-refractivity contribution in [3.05, 3.63) is 35.9 Å². The number of nitrogens with two attached hydrogens (primary N) is 1. The maximum absolute atomic E-state index is 11.7. The molecule has 0 bridgehead atoms. The third-order valence-corrected chi connectivity index (χ3v) is 4.15. The summed E-state index contributed by atoms with van der Waals surface area (Å²) in [6, 6.07) is 10.2. The lowest BCUT2D eigenvalue weighted by molar-refractivity contribution is -0.110. The molecule has 1 aromatic carbocycles. The Kier molecular flexibility index (Phi) is 10.3. The van der Waals surface area contributed by atoms with Crippen LogP contribution in [-0.4, -0.2) is 17.5 Å². The van der Waals surface area contributed by atoms with Crippen molar-refractivity contribution in [3.8, 4) is 0 Å². The molecule has 0 unspecified atom stereocenters. The summed E-state index contributed by atoms with van der Waals surface area (Å²) in [6.45, 7) is 0.646. The standard InChI is InChI=1S/C16H25NO2S.H2/c17-19-13-7-2-1-3-8-14-20-16(18)12-11-15-9-5-4-6-10-15;/h4-6,9-10H,1-3,7-8,11-14,17H2;1H. The quantitative estimate of drug-likeness (QED) is 0.496. The van der Waals surface area contributed by atoms with Crippen molar-refractivity contribution in [3.63, 3.8) is 0 Å². The first-order valence-corrected chi connectivity index (χ1v) is 8.32. The largest absolute Gasteiger partial charge is 0.305 e. The second-order valence-corrected chi connectivity index (χ2v) is 6.00. The first-order valence-electron chi connectivity index (χ1n) is 7.34. The number of carbonyl (C=O) groups is 1. The van der Waals surface area contributed by atoms with Gasteiger partial charge < -0.3 is 4.84 Å². The van der Waals surface area contributed by atoms with E-state index in [0.29, 0.717) is 18.1 Å². The molecule has 20 heavy (non-hydrogen) atoms. The highest BCUT2D eigenvalue weighted by atomic mass is 32.2. The van der Waals surface area contributed by atoms with Crippen LogP contribution in [0.15, 0.2) is 30.3 Å². The van der Waals surface area contributed by atoms with E-state index in [1.165, 1.54) is 30.2 Å². The predicted molar refractivity (Wildman–Crippen MR) is 87.6 cm³/mol. The molecular formula is C16H27NO2S. The number of hydrogen-bond acceptors (Lipinski definition) is 4. The van der Waals surface area contributed by atoms with Crippen molar-refractivity contribution in [2.24, 2.45) is 5.90 Å². The molecule has 0 saturated heterocycles. The summed E-state index contributed by atoms with van der Waals surface area (Å²) in [5, 5.41) is 0.311. The van der Waals surface area contributed by atoms with Gasteiger partial charge >= 0.3 is 0 Å². The van der Waals surface area contributed by atoms with Crippen LogP contribution in [0.5, 0.6) is 0 Å². The van der Waals surface area contributed by atoms with Crippen LogP contribution in [-0.2, 0) is 16.1 Å². The third-order valence-electron chi connectivity index (χ3n) is 3.13. The highest BCUT2D eigenvalue weighted by molar-refractivity contribution is 8.13. The molecule has 0 saturated carbocycles. The van der Waals surface area contributed by atoms with Crippen molar-refractivity contribution in [2.45, 2.75) is 44.9 Å². The number of unbranched alkanes of at least 4 members (excludes halogenated alkanes) is 4. The van der Waals surface area contributed by atoms with Crippen LogP contribution in [0.1, 0.15) is 45.5 Å². The molecule has 0 aromatic heterocycles. The van der Waals surface area contributed by atoms with E-state index in [-0.39, 0.29) is 1.43 Å². The Morgan fingerprint density at radius 1 is 1.10 bits per heavy atom. The Hall–Kier alpha value is -0.840. The van der Waals surface area contributed by atoms with E-state index in [0.717, 1.165) is 31.4 Å². The van der Waals surface area contributed by atoms with Crippen LogP contribution >= 0.6 is 11.8 Å². The van der Waals surface area contributed by atoms with Gasteiger partial charge in [0.15, 0.2) is 5.12 Å². The number of rotatable bonds is 11. The summed E-state index contributed by atoms with van der Waals surface area (Å²) < 4.78 is 0. The lowest BCUT2D eigenvalue weighted by Gasteiger charge is -2.02. The lowest BCUT2D eigenvalue weighted by atomic mass is 10.1. The van der Waals surface area contributed by atoms with Crippen LogP contribution in [0, 0.1) is 0 Å². The summed E-state index contributed by atoms with van der Waals surface area (Å²) in [5.74, 6) is 5.90. The van der Waals surface area contributed by atoms with Crippen molar-refractivity contribution >= 4 is 16.9 Å². The van der Waals surface area contributed by atoms with E-state index in [1.807, 2.05) is 18.2 Å². The maximum atomic E-state index is 11.7. The molecule has 1 rings (SSSR count). The van der Waals surface area contributed by atoms with Gasteiger partial charge in [-0.15, -0.1) is 0 Å². The van der Waals surface area contributed by atoms with E-state index in [2.05, 4.69) is 17.0 Å². The fourth-order valence-corrected chi connectivity index (χ4v) is 2.79. The zero-order valence-corrected chi connectivity index (χ0v) is 12.9. The summed E-state index contributed by atoms with van der Waals surface area (Å²) >= 11 is 1.48. The van der Waals surface area contributed by atoms with Crippen molar-refractivity contribution in [1.29, 1.82) is 0 Å². The van der Waals surface area contributed by atoms with Crippen molar-refractivity contribution in [2.75, 3.05) is 12.4 Å². The second kappa shape index (κ2) is 11.9. The summed E-state index contributed by atoms with van der Waals surface area (Å²) in [5.41, 5.74) is 1.24. The zero-order chi connectivity index (χ0) is 14.5.